The Balaban J connectivity index is 1.78. The van der Waals surface area contributed by atoms with E-state index in [1.165, 1.54) is 16.7 Å². The third kappa shape index (κ3) is 5.51. The van der Waals surface area contributed by atoms with E-state index in [0.717, 1.165) is 12.1 Å². The molecule has 0 radical (unpaired) electrons. The molecule has 0 spiro atoms. The normalized spacial score (nSPS) is 12.6. The lowest BCUT2D eigenvalue weighted by Crippen LogP contribution is -2.30. The summed E-state index contributed by atoms with van der Waals surface area (Å²) in [5, 5.41) is 0. The average molecular weight is 402 g/mol. The molecule has 152 valence electrons. The quantitative estimate of drug-likeness (QED) is 0.313. The van der Waals surface area contributed by atoms with Gasteiger partial charge in [-0.3, -0.25) is 4.90 Å². The van der Waals surface area contributed by atoms with E-state index in [1.807, 2.05) is 18.2 Å². The van der Waals surface area contributed by atoms with Gasteiger partial charge < -0.3 is 0 Å². The summed E-state index contributed by atoms with van der Waals surface area (Å²) in [5.74, 6) is 7.02. The van der Waals surface area contributed by atoms with Crippen LogP contribution in [-0.2, 0) is 6.54 Å². The second-order valence-electron chi connectivity index (χ2n) is 7.69. The fourth-order valence-electron chi connectivity index (χ4n) is 3.84. The summed E-state index contributed by atoms with van der Waals surface area (Å²) in [6.07, 6.45) is 0. The maximum atomic E-state index is 3.60. The number of hydrogen-bond acceptors (Lipinski definition) is 1. The van der Waals surface area contributed by atoms with E-state index in [-0.39, 0.29) is 12.1 Å². The molecule has 0 aliphatic carbocycles. The highest BCUT2D eigenvalue weighted by molar-refractivity contribution is 5.38. The molecule has 0 aliphatic heterocycles. The summed E-state index contributed by atoms with van der Waals surface area (Å²) >= 11 is 0. The highest BCUT2D eigenvalue weighted by Crippen LogP contribution is 2.32. The molecule has 0 heterocycles. The van der Waals surface area contributed by atoms with E-state index in [2.05, 4.69) is 127 Å². The molecule has 4 rings (SSSR count). The van der Waals surface area contributed by atoms with Crippen molar-refractivity contribution in [2.24, 2.45) is 0 Å². The fourth-order valence-corrected chi connectivity index (χ4v) is 3.84. The van der Waals surface area contributed by atoms with Gasteiger partial charge in [0.15, 0.2) is 0 Å². The zero-order valence-corrected chi connectivity index (χ0v) is 17.9. The van der Waals surface area contributed by atoms with Gasteiger partial charge in [-0.2, -0.15) is 0 Å². The first-order valence-corrected chi connectivity index (χ1v) is 10.8. The van der Waals surface area contributed by atoms with Gasteiger partial charge in [0.25, 0.3) is 0 Å². The maximum Gasteiger partial charge on any atom is 0.0982 e. The molecule has 0 aromatic heterocycles. The van der Waals surface area contributed by atoms with Crippen LogP contribution in [0.1, 0.15) is 41.3 Å². The van der Waals surface area contributed by atoms with Crippen molar-refractivity contribution in [3.8, 4) is 11.8 Å². The summed E-state index contributed by atoms with van der Waals surface area (Å²) in [6, 6.07) is 42.4. The van der Waals surface area contributed by atoms with Gasteiger partial charge in [0, 0.05) is 18.2 Å². The molecule has 1 heteroatoms. The molecular formula is C30H27N. The Bertz CT molecular complexity index is 1110. The molecule has 2 atom stereocenters. The lowest BCUT2D eigenvalue weighted by molar-refractivity contribution is 0.167. The van der Waals surface area contributed by atoms with Crippen molar-refractivity contribution in [3.63, 3.8) is 0 Å². The molecule has 31 heavy (non-hydrogen) atoms. The van der Waals surface area contributed by atoms with Gasteiger partial charge in [0.05, 0.1) is 6.04 Å². The molecule has 4 aromatic carbocycles. The van der Waals surface area contributed by atoms with Crippen LogP contribution in [-0.4, -0.2) is 4.90 Å². The van der Waals surface area contributed by atoms with Crippen LogP contribution in [0.2, 0.25) is 0 Å². The van der Waals surface area contributed by atoms with E-state index in [0.29, 0.717) is 0 Å². The van der Waals surface area contributed by atoms with Gasteiger partial charge in [-0.05, 0) is 35.7 Å². The van der Waals surface area contributed by atoms with Crippen LogP contribution in [0.5, 0.6) is 0 Å². The van der Waals surface area contributed by atoms with Gasteiger partial charge >= 0.3 is 0 Å². The standard InChI is InChI=1S/C30H27N/c1-25(28-18-10-4-11-19-28)31(24-27-16-8-3-9-17-27)30(29-20-12-5-13-21-29)23-22-26-14-6-2-7-15-26/h2-21,25,30H,24H2,1H3/t25-,30?/m0/s1. The van der Waals surface area contributed by atoms with Crippen molar-refractivity contribution in [3.05, 3.63) is 144 Å². The minimum absolute atomic E-state index is 0.0307. The van der Waals surface area contributed by atoms with E-state index in [1.54, 1.807) is 0 Å². The Morgan fingerprint density at radius 1 is 0.613 bits per heavy atom. The minimum atomic E-state index is -0.0307. The Hall–Kier alpha value is -3.60. The van der Waals surface area contributed by atoms with E-state index in [9.17, 15) is 0 Å². The van der Waals surface area contributed by atoms with Crippen molar-refractivity contribution < 1.29 is 0 Å². The highest BCUT2D eigenvalue weighted by Gasteiger charge is 2.25. The predicted molar refractivity (Wildman–Crippen MR) is 129 cm³/mol. The Morgan fingerprint density at radius 2 is 1.10 bits per heavy atom. The lowest BCUT2D eigenvalue weighted by Gasteiger charge is -2.34. The van der Waals surface area contributed by atoms with Gasteiger partial charge in [0.2, 0.25) is 0 Å². The predicted octanol–water partition coefficient (Wildman–Crippen LogP) is 7.04. The van der Waals surface area contributed by atoms with Crippen molar-refractivity contribution >= 4 is 0 Å². The number of benzene rings is 4. The van der Waals surface area contributed by atoms with Gasteiger partial charge in [-0.15, -0.1) is 0 Å². The zero-order chi connectivity index (χ0) is 21.3. The van der Waals surface area contributed by atoms with Crippen molar-refractivity contribution in [1.29, 1.82) is 0 Å². The van der Waals surface area contributed by atoms with Crippen LogP contribution in [0.4, 0.5) is 0 Å². The third-order valence-electron chi connectivity index (χ3n) is 5.56. The van der Waals surface area contributed by atoms with E-state index < -0.39 is 0 Å². The smallest absolute Gasteiger partial charge is 0.0982 e. The average Bonchev–Trinajstić information content (AvgIpc) is 2.85. The summed E-state index contributed by atoms with van der Waals surface area (Å²) in [4.78, 5) is 2.50. The highest BCUT2D eigenvalue weighted by atomic mass is 15.2. The van der Waals surface area contributed by atoms with Gasteiger partial charge in [0.1, 0.15) is 0 Å². The largest absolute Gasteiger partial charge is 0.275 e. The Morgan fingerprint density at radius 3 is 1.68 bits per heavy atom. The van der Waals surface area contributed by atoms with Crippen LogP contribution in [0.25, 0.3) is 0 Å². The van der Waals surface area contributed by atoms with Crippen LogP contribution < -0.4 is 0 Å². The first-order valence-electron chi connectivity index (χ1n) is 10.8. The SMILES string of the molecule is C[C@@H](c1ccccc1)N(Cc1ccccc1)C(C#Cc1ccccc1)c1ccccc1. The van der Waals surface area contributed by atoms with Crippen LogP contribution in [0, 0.1) is 11.8 Å². The zero-order valence-electron chi connectivity index (χ0n) is 17.9. The van der Waals surface area contributed by atoms with Crippen molar-refractivity contribution in [2.75, 3.05) is 0 Å². The fraction of sp³-hybridized carbons (Fsp3) is 0.133. The molecule has 0 aliphatic rings. The van der Waals surface area contributed by atoms with Crippen LogP contribution in [0.3, 0.4) is 0 Å². The Kier molecular flexibility index (Phi) is 6.96. The third-order valence-corrected chi connectivity index (χ3v) is 5.56. The van der Waals surface area contributed by atoms with Crippen LogP contribution >= 0.6 is 0 Å². The minimum Gasteiger partial charge on any atom is -0.275 e. The number of rotatable bonds is 6. The summed E-state index contributed by atoms with van der Waals surface area (Å²) in [6.45, 7) is 3.10. The van der Waals surface area contributed by atoms with Gasteiger partial charge in [-0.25, -0.2) is 0 Å². The van der Waals surface area contributed by atoms with E-state index in [4.69, 9.17) is 0 Å². The monoisotopic (exact) mass is 401 g/mol. The van der Waals surface area contributed by atoms with Gasteiger partial charge in [-0.1, -0.05) is 121 Å². The summed E-state index contributed by atoms with van der Waals surface area (Å²) in [7, 11) is 0. The lowest BCUT2D eigenvalue weighted by atomic mass is 9.98. The second kappa shape index (κ2) is 10.4. The topological polar surface area (TPSA) is 3.24 Å². The maximum absolute atomic E-state index is 3.60. The molecule has 0 N–H and O–H groups in total. The molecule has 0 saturated carbocycles. The second-order valence-corrected chi connectivity index (χ2v) is 7.69. The number of hydrogen-bond donors (Lipinski definition) is 0. The Labute approximate surface area is 186 Å². The molecule has 1 nitrogen and oxygen atoms in total. The molecule has 1 unspecified atom stereocenters. The summed E-state index contributed by atoms with van der Waals surface area (Å²) < 4.78 is 0. The molecule has 0 saturated heterocycles. The first-order chi connectivity index (χ1) is 15.3. The number of nitrogens with zero attached hydrogens (tertiary/aromatic N) is 1. The molecule has 0 bridgehead atoms. The van der Waals surface area contributed by atoms with Crippen molar-refractivity contribution in [1.82, 2.24) is 4.90 Å². The van der Waals surface area contributed by atoms with E-state index >= 15 is 0 Å². The summed E-state index contributed by atoms with van der Waals surface area (Å²) in [5.41, 5.74) is 4.83. The molecule has 0 amide bonds. The molecule has 0 fully saturated rings. The van der Waals surface area contributed by atoms with Crippen LogP contribution in [0.15, 0.2) is 121 Å². The molecular weight excluding hydrogens is 374 g/mol. The first kappa shape index (κ1) is 20.7. The van der Waals surface area contributed by atoms with Crippen molar-refractivity contribution in [2.45, 2.75) is 25.6 Å². The molecule has 4 aromatic rings.